The Morgan fingerprint density at radius 3 is 3.05 bits per heavy atom. The Kier molecular flexibility index (Phi) is 4.74. The summed E-state index contributed by atoms with van der Waals surface area (Å²) in [5.74, 6) is 0.416. The zero-order valence-corrected chi connectivity index (χ0v) is 11.2. The van der Waals surface area contributed by atoms with E-state index in [9.17, 15) is 9.59 Å². The van der Waals surface area contributed by atoms with E-state index >= 15 is 0 Å². The number of ether oxygens (including phenoxy) is 1. The van der Waals surface area contributed by atoms with Crippen LogP contribution in [0.5, 0.6) is 0 Å². The molecule has 1 aliphatic rings. The Morgan fingerprint density at radius 2 is 2.37 bits per heavy atom. The number of rotatable bonds is 5. The van der Waals surface area contributed by atoms with E-state index in [0.717, 1.165) is 32.5 Å². The number of carbonyl (C=O) groups excluding carboxylic acids is 1. The van der Waals surface area contributed by atoms with Crippen LogP contribution in [0.1, 0.15) is 35.4 Å². The highest BCUT2D eigenvalue weighted by Gasteiger charge is 2.15. The van der Waals surface area contributed by atoms with Crippen molar-refractivity contribution in [3.05, 3.63) is 33.7 Å². The molecule has 1 unspecified atom stereocenters. The molecule has 1 aromatic rings. The van der Waals surface area contributed by atoms with E-state index < -0.39 is 0 Å². The molecule has 0 aromatic carbocycles. The van der Waals surface area contributed by atoms with Gasteiger partial charge in [-0.2, -0.15) is 0 Å². The highest BCUT2D eigenvalue weighted by molar-refractivity contribution is 5.92. The number of amides is 1. The fourth-order valence-corrected chi connectivity index (χ4v) is 2.30. The minimum Gasteiger partial charge on any atom is -0.381 e. The van der Waals surface area contributed by atoms with Gasteiger partial charge in [-0.1, -0.05) is 0 Å². The predicted molar refractivity (Wildman–Crippen MR) is 72.3 cm³/mol. The molecular weight excluding hydrogens is 244 g/mol. The first kappa shape index (κ1) is 13.8. The molecule has 2 heterocycles. The summed E-state index contributed by atoms with van der Waals surface area (Å²) in [4.78, 5) is 26.0. The number of nitrogens with one attached hydrogen (secondary N) is 2. The summed E-state index contributed by atoms with van der Waals surface area (Å²) in [6, 6.07) is 2.80. The molecule has 0 radical (unpaired) electrons. The molecule has 2 N–H and O–H groups in total. The zero-order chi connectivity index (χ0) is 13.7. The van der Waals surface area contributed by atoms with Crippen LogP contribution in [0.25, 0.3) is 0 Å². The molecule has 0 spiro atoms. The van der Waals surface area contributed by atoms with Crippen LogP contribution in [0.2, 0.25) is 0 Å². The highest BCUT2D eigenvalue weighted by Crippen LogP contribution is 2.17. The number of aromatic amines is 1. The summed E-state index contributed by atoms with van der Waals surface area (Å²) in [5.41, 5.74) is 0.874. The van der Waals surface area contributed by atoms with Crippen molar-refractivity contribution in [2.45, 2.75) is 26.2 Å². The van der Waals surface area contributed by atoms with Crippen LogP contribution < -0.4 is 10.7 Å². The average molecular weight is 264 g/mol. The molecule has 104 valence electrons. The van der Waals surface area contributed by atoms with Crippen molar-refractivity contribution in [2.75, 3.05) is 19.8 Å². The van der Waals surface area contributed by atoms with Crippen LogP contribution in [0.15, 0.2) is 16.9 Å². The van der Waals surface area contributed by atoms with Crippen molar-refractivity contribution in [2.24, 2.45) is 5.92 Å². The summed E-state index contributed by atoms with van der Waals surface area (Å²) in [5, 5.41) is 2.83. The summed E-state index contributed by atoms with van der Waals surface area (Å²) < 4.78 is 5.30. The molecular formula is C14H20N2O3. The van der Waals surface area contributed by atoms with Crippen molar-refractivity contribution in [3.63, 3.8) is 0 Å². The molecule has 1 amide bonds. The van der Waals surface area contributed by atoms with E-state index in [1.54, 1.807) is 6.92 Å². The first-order chi connectivity index (χ1) is 9.15. The molecule has 1 aliphatic heterocycles. The number of hydrogen-bond acceptors (Lipinski definition) is 3. The van der Waals surface area contributed by atoms with E-state index in [0.29, 0.717) is 23.9 Å². The molecule has 5 heteroatoms. The van der Waals surface area contributed by atoms with Gasteiger partial charge in [0.1, 0.15) is 5.69 Å². The number of aryl methyl sites for hydroxylation is 1. The SMILES string of the molecule is Cc1cc(=O)cc(C(=O)NCCCC2CCOC2)[nH]1. The third-order valence-electron chi connectivity index (χ3n) is 3.32. The van der Waals surface area contributed by atoms with Gasteiger partial charge >= 0.3 is 0 Å². The van der Waals surface area contributed by atoms with Crippen LogP contribution in [-0.4, -0.2) is 30.6 Å². The fourth-order valence-electron chi connectivity index (χ4n) is 2.30. The van der Waals surface area contributed by atoms with E-state index in [-0.39, 0.29) is 11.3 Å². The maximum Gasteiger partial charge on any atom is 0.267 e. The second-order valence-electron chi connectivity index (χ2n) is 5.04. The lowest BCUT2D eigenvalue weighted by atomic mass is 10.0. The minimum atomic E-state index is -0.219. The Bertz CT molecular complexity index is 490. The van der Waals surface area contributed by atoms with Crippen molar-refractivity contribution in [3.8, 4) is 0 Å². The molecule has 19 heavy (non-hydrogen) atoms. The van der Waals surface area contributed by atoms with Crippen molar-refractivity contribution in [1.29, 1.82) is 0 Å². The van der Waals surface area contributed by atoms with E-state index in [1.165, 1.54) is 12.1 Å². The Balaban J connectivity index is 1.75. The Labute approximate surface area is 112 Å². The number of H-pyrrole nitrogens is 1. The number of carbonyl (C=O) groups is 1. The summed E-state index contributed by atoms with van der Waals surface area (Å²) in [6.07, 6.45) is 3.14. The molecule has 0 saturated carbocycles. The topological polar surface area (TPSA) is 71.2 Å². The van der Waals surface area contributed by atoms with E-state index in [2.05, 4.69) is 10.3 Å². The van der Waals surface area contributed by atoms with Gasteiger partial charge in [-0.05, 0) is 32.1 Å². The fraction of sp³-hybridized carbons (Fsp3) is 0.571. The van der Waals surface area contributed by atoms with Gasteiger partial charge in [-0.3, -0.25) is 9.59 Å². The van der Waals surface area contributed by atoms with Crippen molar-refractivity contribution in [1.82, 2.24) is 10.3 Å². The molecule has 1 aromatic heterocycles. The van der Waals surface area contributed by atoms with E-state index in [4.69, 9.17) is 4.74 Å². The lowest BCUT2D eigenvalue weighted by Gasteiger charge is -2.08. The summed E-state index contributed by atoms with van der Waals surface area (Å²) >= 11 is 0. The molecule has 0 aliphatic carbocycles. The second-order valence-corrected chi connectivity index (χ2v) is 5.04. The van der Waals surface area contributed by atoms with Crippen molar-refractivity contribution >= 4 is 5.91 Å². The van der Waals surface area contributed by atoms with Gasteiger partial charge < -0.3 is 15.0 Å². The molecule has 1 saturated heterocycles. The van der Waals surface area contributed by atoms with Gasteiger partial charge in [0.05, 0.1) is 0 Å². The lowest BCUT2D eigenvalue weighted by molar-refractivity contribution is 0.0947. The van der Waals surface area contributed by atoms with Gasteiger partial charge in [-0.25, -0.2) is 0 Å². The van der Waals surface area contributed by atoms with Gasteiger partial charge in [0.15, 0.2) is 5.43 Å². The number of pyridine rings is 1. The largest absolute Gasteiger partial charge is 0.381 e. The van der Waals surface area contributed by atoms with Gasteiger partial charge in [0.2, 0.25) is 0 Å². The standard InChI is InChI=1S/C14H20N2O3/c1-10-7-12(17)8-13(16-10)14(18)15-5-2-3-11-4-6-19-9-11/h7-8,11H,2-6,9H2,1H3,(H,15,18)(H,16,17). The maximum atomic E-state index is 11.8. The Morgan fingerprint density at radius 1 is 1.53 bits per heavy atom. The van der Waals surface area contributed by atoms with Crippen LogP contribution in [0.4, 0.5) is 0 Å². The van der Waals surface area contributed by atoms with Crippen LogP contribution in [0.3, 0.4) is 0 Å². The Hall–Kier alpha value is -1.62. The third kappa shape index (κ3) is 4.21. The molecule has 0 bridgehead atoms. The molecule has 1 atom stereocenters. The quantitative estimate of drug-likeness (QED) is 0.786. The minimum absolute atomic E-state index is 0.149. The first-order valence-electron chi connectivity index (χ1n) is 6.72. The smallest absolute Gasteiger partial charge is 0.267 e. The number of hydrogen-bond donors (Lipinski definition) is 2. The molecule has 5 nitrogen and oxygen atoms in total. The number of aromatic nitrogens is 1. The summed E-state index contributed by atoms with van der Waals surface area (Å²) in [7, 11) is 0. The maximum absolute atomic E-state index is 11.8. The van der Waals surface area contributed by atoms with Crippen molar-refractivity contribution < 1.29 is 9.53 Å². The van der Waals surface area contributed by atoms with Gasteiger partial charge in [0, 0.05) is 37.6 Å². The van der Waals surface area contributed by atoms with Crippen LogP contribution >= 0.6 is 0 Å². The summed E-state index contributed by atoms with van der Waals surface area (Å²) in [6.45, 7) is 4.10. The lowest BCUT2D eigenvalue weighted by Crippen LogP contribution is -2.27. The van der Waals surface area contributed by atoms with E-state index in [1.807, 2.05) is 0 Å². The van der Waals surface area contributed by atoms with Gasteiger partial charge in [0.25, 0.3) is 5.91 Å². The normalized spacial score (nSPS) is 18.5. The molecule has 2 rings (SSSR count). The van der Waals surface area contributed by atoms with Gasteiger partial charge in [-0.15, -0.1) is 0 Å². The second kappa shape index (κ2) is 6.52. The first-order valence-corrected chi connectivity index (χ1v) is 6.72. The molecule has 1 fully saturated rings. The average Bonchev–Trinajstić information content (AvgIpc) is 2.86. The predicted octanol–water partition coefficient (Wildman–Crippen LogP) is 1.23. The van der Waals surface area contributed by atoms with Crippen LogP contribution in [-0.2, 0) is 4.74 Å². The zero-order valence-electron chi connectivity index (χ0n) is 11.2. The highest BCUT2D eigenvalue weighted by atomic mass is 16.5. The van der Waals surface area contributed by atoms with Crippen LogP contribution in [0, 0.1) is 12.8 Å². The third-order valence-corrected chi connectivity index (χ3v) is 3.32. The monoisotopic (exact) mass is 264 g/mol.